The first-order chi connectivity index (χ1) is 9.74. The molecule has 0 bridgehead atoms. The molecule has 2 atom stereocenters. The molecule has 0 saturated carbocycles. The number of β-amino-alcohol motifs (C(OH)–C–C–N with tert-alkyl or cyclic N) is 1. The molecule has 1 aromatic carbocycles. The first-order valence-electron chi connectivity index (χ1n) is 7.17. The molecule has 4 nitrogen and oxygen atoms in total. The number of hydrogen-bond acceptors (Lipinski definition) is 3. The van der Waals surface area contributed by atoms with E-state index in [1.807, 2.05) is 45.0 Å². The molecule has 0 spiro atoms. The number of nitrogens with zero attached hydrogens (tertiary/aromatic N) is 1. The summed E-state index contributed by atoms with van der Waals surface area (Å²) >= 11 is 5.88. The van der Waals surface area contributed by atoms with Crippen molar-refractivity contribution in [1.82, 2.24) is 4.90 Å². The molecule has 21 heavy (non-hydrogen) atoms. The lowest BCUT2D eigenvalue weighted by Gasteiger charge is -2.28. The van der Waals surface area contributed by atoms with Gasteiger partial charge < -0.3 is 14.7 Å². The summed E-state index contributed by atoms with van der Waals surface area (Å²) in [6.07, 6.45) is 0.405. The average Bonchev–Trinajstić information content (AvgIpc) is 2.71. The number of carbonyl (C=O) groups excluding carboxylic acids is 1. The van der Waals surface area contributed by atoms with E-state index in [1.165, 1.54) is 0 Å². The molecule has 1 heterocycles. The summed E-state index contributed by atoms with van der Waals surface area (Å²) < 4.78 is 5.41. The molecule has 0 aromatic heterocycles. The summed E-state index contributed by atoms with van der Waals surface area (Å²) in [5.41, 5.74) is 0.558. The van der Waals surface area contributed by atoms with Gasteiger partial charge in [0.1, 0.15) is 5.60 Å². The Labute approximate surface area is 130 Å². The fourth-order valence-corrected chi connectivity index (χ4v) is 2.65. The Hall–Kier alpha value is -1.26. The molecule has 1 fully saturated rings. The predicted molar refractivity (Wildman–Crippen MR) is 82.5 cm³/mol. The average molecular weight is 312 g/mol. The zero-order valence-corrected chi connectivity index (χ0v) is 13.4. The summed E-state index contributed by atoms with van der Waals surface area (Å²) in [4.78, 5) is 13.9. The van der Waals surface area contributed by atoms with Crippen molar-refractivity contribution >= 4 is 17.7 Å². The number of amides is 1. The van der Waals surface area contributed by atoms with Crippen LogP contribution in [0, 0.1) is 0 Å². The number of aliphatic hydroxyl groups excluding tert-OH is 1. The SMILES string of the molecule is CC(C)(C)OC(=O)N1C[C@H](O)C[C@@H]1Cc1ccc(Cl)cc1. The number of halogens is 1. The zero-order valence-electron chi connectivity index (χ0n) is 12.7. The molecule has 5 heteroatoms. The molecule has 0 unspecified atom stereocenters. The van der Waals surface area contributed by atoms with Crippen LogP contribution in [-0.2, 0) is 11.2 Å². The third-order valence-corrected chi connectivity index (χ3v) is 3.66. The fourth-order valence-electron chi connectivity index (χ4n) is 2.52. The van der Waals surface area contributed by atoms with Gasteiger partial charge in [-0.3, -0.25) is 0 Å². The second-order valence-corrected chi connectivity index (χ2v) is 6.94. The second kappa shape index (κ2) is 6.24. The van der Waals surface area contributed by atoms with Crippen molar-refractivity contribution in [3.05, 3.63) is 34.9 Å². The Kier molecular flexibility index (Phi) is 4.79. The third kappa shape index (κ3) is 4.61. The summed E-state index contributed by atoms with van der Waals surface area (Å²) in [6.45, 7) is 5.84. The minimum atomic E-state index is -0.532. The molecule has 2 rings (SSSR count). The number of benzene rings is 1. The lowest BCUT2D eigenvalue weighted by molar-refractivity contribution is 0.0208. The summed E-state index contributed by atoms with van der Waals surface area (Å²) in [5, 5.41) is 10.6. The largest absolute Gasteiger partial charge is 0.444 e. The molecule has 1 aliphatic rings. The lowest BCUT2D eigenvalue weighted by Crippen LogP contribution is -2.41. The summed E-state index contributed by atoms with van der Waals surface area (Å²) in [7, 11) is 0. The van der Waals surface area contributed by atoms with Gasteiger partial charge in [0.05, 0.1) is 12.6 Å². The highest BCUT2D eigenvalue weighted by atomic mass is 35.5. The molecule has 0 radical (unpaired) electrons. The van der Waals surface area contributed by atoms with Gasteiger partial charge in [-0.05, 0) is 51.3 Å². The van der Waals surface area contributed by atoms with Crippen LogP contribution in [0.2, 0.25) is 5.02 Å². The highest BCUT2D eigenvalue weighted by Crippen LogP contribution is 2.24. The topological polar surface area (TPSA) is 49.8 Å². The highest BCUT2D eigenvalue weighted by Gasteiger charge is 2.36. The van der Waals surface area contributed by atoms with Gasteiger partial charge in [-0.2, -0.15) is 0 Å². The van der Waals surface area contributed by atoms with E-state index in [0.717, 1.165) is 5.56 Å². The number of ether oxygens (including phenoxy) is 1. The van der Waals surface area contributed by atoms with Crippen molar-refractivity contribution in [1.29, 1.82) is 0 Å². The normalized spacial score (nSPS) is 22.4. The number of likely N-dealkylation sites (tertiary alicyclic amines) is 1. The molecule has 1 saturated heterocycles. The lowest BCUT2D eigenvalue weighted by atomic mass is 10.0. The third-order valence-electron chi connectivity index (χ3n) is 3.40. The maximum Gasteiger partial charge on any atom is 0.410 e. The Morgan fingerprint density at radius 1 is 1.38 bits per heavy atom. The van der Waals surface area contributed by atoms with Crippen LogP contribution in [0.3, 0.4) is 0 Å². The van der Waals surface area contributed by atoms with Gasteiger partial charge in [0, 0.05) is 11.1 Å². The number of carbonyl (C=O) groups is 1. The quantitative estimate of drug-likeness (QED) is 0.912. The van der Waals surface area contributed by atoms with E-state index in [2.05, 4.69) is 0 Å². The van der Waals surface area contributed by atoms with Gasteiger partial charge in [0.15, 0.2) is 0 Å². The van der Waals surface area contributed by atoms with Gasteiger partial charge in [0.2, 0.25) is 0 Å². The summed E-state index contributed by atoms with van der Waals surface area (Å²) in [6, 6.07) is 7.51. The molecule has 1 aliphatic heterocycles. The van der Waals surface area contributed by atoms with E-state index in [-0.39, 0.29) is 12.1 Å². The van der Waals surface area contributed by atoms with Crippen LogP contribution < -0.4 is 0 Å². The molecule has 0 aliphatic carbocycles. The predicted octanol–water partition coefficient (Wildman–Crippen LogP) is 3.25. The van der Waals surface area contributed by atoms with Gasteiger partial charge in [-0.15, -0.1) is 0 Å². The van der Waals surface area contributed by atoms with Crippen LogP contribution in [0.25, 0.3) is 0 Å². The van der Waals surface area contributed by atoms with Gasteiger partial charge in [0.25, 0.3) is 0 Å². The molecule has 1 amide bonds. The minimum absolute atomic E-state index is 0.0453. The van der Waals surface area contributed by atoms with Crippen molar-refractivity contribution in [2.45, 2.75) is 51.4 Å². The van der Waals surface area contributed by atoms with Crippen molar-refractivity contribution in [2.75, 3.05) is 6.54 Å². The number of aliphatic hydroxyl groups is 1. The first kappa shape index (κ1) is 16.1. The molecular formula is C16H22ClNO3. The number of hydrogen-bond donors (Lipinski definition) is 1. The van der Waals surface area contributed by atoms with Gasteiger partial charge in [-0.25, -0.2) is 4.79 Å². The van der Waals surface area contributed by atoms with E-state index in [0.29, 0.717) is 24.4 Å². The van der Waals surface area contributed by atoms with Crippen LogP contribution in [-0.4, -0.2) is 40.4 Å². The van der Waals surface area contributed by atoms with Crippen LogP contribution >= 0.6 is 11.6 Å². The van der Waals surface area contributed by atoms with Gasteiger partial charge >= 0.3 is 6.09 Å². The van der Waals surface area contributed by atoms with Crippen LogP contribution in [0.15, 0.2) is 24.3 Å². The van der Waals surface area contributed by atoms with E-state index in [9.17, 15) is 9.90 Å². The van der Waals surface area contributed by atoms with Crippen molar-refractivity contribution in [3.63, 3.8) is 0 Å². The van der Waals surface area contributed by atoms with Crippen LogP contribution in [0.4, 0.5) is 4.79 Å². The molecular weight excluding hydrogens is 290 g/mol. The van der Waals surface area contributed by atoms with E-state index >= 15 is 0 Å². The minimum Gasteiger partial charge on any atom is -0.444 e. The van der Waals surface area contributed by atoms with E-state index in [1.54, 1.807) is 4.90 Å². The Balaban J connectivity index is 2.06. The maximum atomic E-state index is 12.2. The summed E-state index contributed by atoms with van der Waals surface area (Å²) in [5.74, 6) is 0. The monoisotopic (exact) mass is 311 g/mol. The van der Waals surface area contributed by atoms with Crippen molar-refractivity contribution < 1.29 is 14.6 Å². The Morgan fingerprint density at radius 2 is 2.00 bits per heavy atom. The second-order valence-electron chi connectivity index (χ2n) is 6.51. The molecule has 116 valence electrons. The first-order valence-corrected chi connectivity index (χ1v) is 7.54. The fraction of sp³-hybridized carbons (Fsp3) is 0.562. The number of rotatable bonds is 2. The van der Waals surface area contributed by atoms with Crippen molar-refractivity contribution in [2.24, 2.45) is 0 Å². The Bertz CT molecular complexity index is 495. The van der Waals surface area contributed by atoms with Gasteiger partial charge in [-0.1, -0.05) is 23.7 Å². The highest BCUT2D eigenvalue weighted by molar-refractivity contribution is 6.30. The Morgan fingerprint density at radius 3 is 2.57 bits per heavy atom. The van der Waals surface area contributed by atoms with Crippen LogP contribution in [0.1, 0.15) is 32.8 Å². The molecule has 1 N–H and O–H groups in total. The standard InChI is InChI=1S/C16H22ClNO3/c1-16(2,3)21-15(20)18-10-14(19)9-13(18)8-11-4-6-12(17)7-5-11/h4-7,13-14,19H,8-10H2,1-3H3/t13-,14+/m0/s1. The zero-order chi connectivity index (χ0) is 15.6. The maximum absolute atomic E-state index is 12.2. The molecule has 1 aromatic rings. The van der Waals surface area contributed by atoms with Crippen LogP contribution in [0.5, 0.6) is 0 Å². The van der Waals surface area contributed by atoms with Crippen molar-refractivity contribution in [3.8, 4) is 0 Å². The smallest absolute Gasteiger partial charge is 0.410 e. The van der Waals surface area contributed by atoms with E-state index in [4.69, 9.17) is 16.3 Å². The van der Waals surface area contributed by atoms with E-state index < -0.39 is 11.7 Å².